The second kappa shape index (κ2) is 6.45. The van der Waals surface area contributed by atoms with Crippen LogP contribution in [0.25, 0.3) is 0 Å². The van der Waals surface area contributed by atoms with E-state index in [9.17, 15) is 0 Å². The third-order valence-electron chi connectivity index (χ3n) is 1.01. The van der Waals surface area contributed by atoms with Crippen molar-refractivity contribution in [2.75, 3.05) is 0 Å². The predicted molar refractivity (Wildman–Crippen MR) is 47.0 cm³/mol. The molecule has 0 aromatic rings. The van der Waals surface area contributed by atoms with Crippen molar-refractivity contribution in [2.24, 2.45) is 0 Å². The minimum atomic E-state index is 0.127. The summed E-state index contributed by atoms with van der Waals surface area (Å²) in [6, 6.07) is 0. The van der Waals surface area contributed by atoms with Gasteiger partial charge in [0.15, 0.2) is 0 Å². The van der Waals surface area contributed by atoms with E-state index in [0.29, 0.717) is 0 Å². The molecule has 0 heterocycles. The Morgan fingerprint density at radius 1 is 1.60 bits per heavy atom. The summed E-state index contributed by atoms with van der Waals surface area (Å²) in [4.78, 5) is 0. The third kappa shape index (κ3) is 5.47. The second-order valence-corrected chi connectivity index (χ2v) is 2.40. The molecule has 0 aliphatic rings. The zero-order valence-electron chi connectivity index (χ0n) is 6.05. The molecule has 0 nitrogen and oxygen atoms in total. The van der Waals surface area contributed by atoms with Gasteiger partial charge in [0, 0.05) is 0 Å². The van der Waals surface area contributed by atoms with E-state index in [-0.39, 0.29) is 5.38 Å². The average Bonchev–Trinajstić information content (AvgIpc) is 1.98. The van der Waals surface area contributed by atoms with E-state index >= 15 is 0 Å². The first-order chi connectivity index (χ1) is 4.81. The van der Waals surface area contributed by atoms with E-state index in [0.717, 1.165) is 6.42 Å². The van der Waals surface area contributed by atoms with E-state index < -0.39 is 0 Å². The quantitative estimate of drug-likeness (QED) is 0.333. The first kappa shape index (κ1) is 9.33. The standard InChI is InChI=1S/C9H11Cl/c1-3-5-6-7-8-9(10)4-2/h1,5-9H,4H2,2H3/b6-5+,8-7+. The van der Waals surface area contributed by atoms with Gasteiger partial charge in [-0.15, -0.1) is 18.0 Å². The van der Waals surface area contributed by atoms with Gasteiger partial charge in [-0.1, -0.05) is 31.1 Å². The van der Waals surface area contributed by atoms with Crippen molar-refractivity contribution in [3.63, 3.8) is 0 Å². The smallest absolute Gasteiger partial charge is 0.0516 e. The summed E-state index contributed by atoms with van der Waals surface area (Å²) < 4.78 is 0. The van der Waals surface area contributed by atoms with Crippen molar-refractivity contribution in [1.29, 1.82) is 0 Å². The molecular weight excluding hydrogens is 144 g/mol. The molecule has 0 N–H and O–H groups in total. The van der Waals surface area contributed by atoms with Gasteiger partial charge in [0.1, 0.15) is 0 Å². The fourth-order valence-electron chi connectivity index (χ4n) is 0.432. The highest BCUT2D eigenvalue weighted by atomic mass is 35.5. The van der Waals surface area contributed by atoms with Gasteiger partial charge in [0.2, 0.25) is 0 Å². The van der Waals surface area contributed by atoms with Crippen LogP contribution >= 0.6 is 11.6 Å². The lowest BCUT2D eigenvalue weighted by Gasteiger charge is -1.93. The maximum absolute atomic E-state index is 5.77. The zero-order chi connectivity index (χ0) is 7.82. The van der Waals surface area contributed by atoms with Crippen LogP contribution in [0.15, 0.2) is 24.3 Å². The minimum Gasteiger partial charge on any atom is -0.118 e. The van der Waals surface area contributed by atoms with E-state index in [4.69, 9.17) is 18.0 Å². The summed E-state index contributed by atoms with van der Waals surface area (Å²) in [7, 11) is 0. The van der Waals surface area contributed by atoms with Crippen molar-refractivity contribution in [1.82, 2.24) is 0 Å². The number of allylic oxidation sites excluding steroid dienone is 4. The summed E-state index contributed by atoms with van der Waals surface area (Å²) in [6.07, 6.45) is 13.1. The Labute approximate surface area is 67.6 Å². The van der Waals surface area contributed by atoms with Crippen molar-refractivity contribution in [3.8, 4) is 12.3 Å². The van der Waals surface area contributed by atoms with Gasteiger partial charge >= 0.3 is 0 Å². The van der Waals surface area contributed by atoms with E-state index in [1.54, 1.807) is 12.2 Å². The highest BCUT2D eigenvalue weighted by molar-refractivity contribution is 6.21. The van der Waals surface area contributed by atoms with Gasteiger partial charge in [-0.2, -0.15) is 0 Å². The van der Waals surface area contributed by atoms with Crippen LogP contribution < -0.4 is 0 Å². The van der Waals surface area contributed by atoms with Gasteiger partial charge in [-0.25, -0.2) is 0 Å². The molecule has 0 bridgehead atoms. The SMILES string of the molecule is C#C/C=C/C=C/C(Cl)CC. The normalized spacial score (nSPS) is 14.1. The molecule has 1 heteroatoms. The molecule has 0 aliphatic carbocycles. The number of halogens is 1. The molecule has 1 atom stereocenters. The van der Waals surface area contributed by atoms with Crippen LogP contribution in [-0.4, -0.2) is 5.38 Å². The van der Waals surface area contributed by atoms with Crippen LogP contribution in [0.3, 0.4) is 0 Å². The average molecular weight is 155 g/mol. The molecule has 0 radical (unpaired) electrons. The molecule has 0 aromatic heterocycles. The molecule has 0 saturated heterocycles. The fraction of sp³-hybridized carbons (Fsp3) is 0.333. The molecule has 0 aromatic carbocycles. The number of terminal acetylenes is 1. The van der Waals surface area contributed by atoms with E-state index in [2.05, 4.69) is 5.92 Å². The van der Waals surface area contributed by atoms with Gasteiger partial charge in [0.05, 0.1) is 5.38 Å². The summed E-state index contributed by atoms with van der Waals surface area (Å²) in [6.45, 7) is 2.03. The Morgan fingerprint density at radius 2 is 2.30 bits per heavy atom. The molecule has 0 aliphatic heterocycles. The maximum atomic E-state index is 5.77. The monoisotopic (exact) mass is 154 g/mol. The highest BCUT2D eigenvalue weighted by Crippen LogP contribution is 2.01. The molecule has 1 unspecified atom stereocenters. The Balaban J connectivity index is 3.57. The molecule has 0 amide bonds. The largest absolute Gasteiger partial charge is 0.118 e. The highest BCUT2D eigenvalue weighted by Gasteiger charge is 1.89. The zero-order valence-corrected chi connectivity index (χ0v) is 6.81. The summed E-state index contributed by atoms with van der Waals surface area (Å²) in [5.74, 6) is 2.38. The maximum Gasteiger partial charge on any atom is 0.0516 e. The van der Waals surface area contributed by atoms with E-state index in [1.807, 2.05) is 19.1 Å². The van der Waals surface area contributed by atoms with Crippen LogP contribution in [0.1, 0.15) is 13.3 Å². The Kier molecular flexibility index (Phi) is 6.02. The summed E-state index contributed by atoms with van der Waals surface area (Å²) in [5.41, 5.74) is 0. The molecule has 10 heavy (non-hydrogen) atoms. The van der Waals surface area contributed by atoms with Crippen LogP contribution in [-0.2, 0) is 0 Å². The summed E-state index contributed by atoms with van der Waals surface area (Å²) in [5, 5.41) is 0.127. The van der Waals surface area contributed by atoms with Crippen molar-refractivity contribution >= 4 is 11.6 Å². The molecular formula is C9H11Cl. The summed E-state index contributed by atoms with van der Waals surface area (Å²) >= 11 is 5.77. The Hall–Kier alpha value is -0.670. The lowest BCUT2D eigenvalue weighted by molar-refractivity contribution is 0.967. The molecule has 0 saturated carbocycles. The third-order valence-corrected chi connectivity index (χ3v) is 1.47. The Bertz CT molecular complexity index is 160. The number of hydrogen-bond acceptors (Lipinski definition) is 0. The number of alkyl halides is 1. The fourth-order valence-corrected chi connectivity index (χ4v) is 0.516. The number of hydrogen-bond donors (Lipinski definition) is 0. The number of rotatable bonds is 3. The molecule has 54 valence electrons. The first-order valence-electron chi connectivity index (χ1n) is 3.24. The lowest BCUT2D eigenvalue weighted by Crippen LogP contribution is -1.86. The van der Waals surface area contributed by atoms with Gasteiger partial charge in [-0.05, 0) is 12.5 Å². The Morgan fingerprint density at radius 3 is 2.80 bits per heavy atom. The van der Waals surface area contributed by atoms with Gasteiger partial charge in [0.25, 0.3) is 0 Å². The van der Waals surface area contributed by atoms with Crippen LogP contribution in [0.5, 0.6) is 0 Å². The molecule has 0 fully saturated rings. The van der Waals surface area contributed by atoms with Crippen LogP contribution in [0, 0.1) is 12.3 Å². The second-order valence-electron chi connectivity index (χ2n) is 1.83. The van der Waals surface area contributed by atoms with Crippen molar-refractivity contribution in [3.05, 3.63) is 24.3 Å². The van der Waals surface area contributed by atoms with Crippen molar-refractivity contribution in [2.45, 2.75) is 18.7 Å². The molecule has 0 rings (SSSR count). The van der Waals surface area contributed by atoms with Gasteiger partial charge < -0.3 is 0 Å². The molecule has 0 spiro atoms. The first-order valence-corrected chi connectivity index (χ1v) is 3.68. The van der Waals surface area contributed by atoms with E-state index in [1.165, 1.54) is 0 Å². The minimum absolute atomic E-state index is 0.127. The van der Waals surface area contributed by atoms with Crippen molar-refractivity contribution < 1.29 is 0 Å². The lowest BCUT2D eigenvalue weighted by atomic mass is 10.3. The predicted octanol–water partition coefficient (Wildman–Crippen LogP) is 2.75. The topological polar surface area (TPSA) is 0 Å². The van der Waals surface area contributed by atoms with Crippen LogP contribution in [0.4, 0.5) is 0 Å². The van der Waals surface area contributed by atoms with Crippen LogP contribution in [0.2, 0.25) is 0 Å². The van der Waals surface area contributed by atoms with Gasteiger partial charge in [-0.3, -0.25) is 0 Å².